The molecule has 2 heterocycles. The number of nitrogens with zero attached hydrogens (tertiary/aromatic N) is 4. The summed E-state index contributed by atoms with van der Waals surface area (Å²) >= 11 is 3.65. The van der Waals surface area contributed by atoms with Gasteiger partial charge in [0.2, 0.25) is 0 Å². The van der Waals surface area contributed by atoms with E-state index in [9.17, 15) is 5.26 Å². The second-order valence-electron chi connectivity index (χ2n) is 7.53. The number of rotatable bonds is 5. The lowest BCUT2D eigenvalue weighted by molar-refractivity contribution is 0.716. The van der Waals surface area contributed by atoms with Crippen molar-refractivity contribution in [1.82, 2.24) is 14.5 Å². The van der Waals surface area contributed by atoms with Crippen molar-refractivity contribution in [3.8, 4) is 17.2 Å². The van der Waals surface area contributed by atoms with Gasteiger partial charge in [-0.2, -0.15) is 5.26 Å². The van der Waals surface area contributed by atoms with E-state index in [4.69, 9.17) is 9.97 Å². The summed E-state index contributed by atoms with van der Waals surface area (Å²) in [5, 5.41) is 9.38. The van der Waals surface area contributed by atoms with Gasteiger partial charge in [0.25, 0.3) is 0 Å². The highest BCUT2D eigenvalue weighted by Gasteiger charge is 2.17. The van der Waals surface area contributed by atoms with Crippen LogP contribution in [0.2, 0.25) is 0 Å². The van der Waals surface area contributed by atoms with Crippen molar-refractivity contribution < 1.29 is 0 Å². The molecule has 0 unspecified atom stereocenters. The summed E-state index contributed by atoms with van der Waals surface area (Å²) in [4.78, 5) is 9.76. The Kier molecular flexibility index (Phi) is 5.69. The summed E-state index contributed by atoms with van der Waals surface area (Å²) < 4.78 is 3.27. The van der Waals surface area contributed by atoms with Gasteiger partial charge in [-0.3, -0.25) is 0 Å². The molecule has 30 heavy (non-hydrogen) atoms. The Hall–Kier alpha value is -2.97. The average Bonchev–Trinajstić information content (AvgIpc) is 3.10. The largest absolute Gasteiger partial charge is 0.308 e. The van der Waals surface area contributed by atoms with Crippen LogP contribution in [-0.2, 0) is 13.0 Å². The summed E-state index contributed by atoms with van der Waals surface area (Å²) in [5.74, 6) is 1.07. The maximum atomic E-state index is 9.38. The van der Waals surface area contributed by atoms with Crippen LogP contribution in [0.1, 0.15) is 41.6 Å². The standard InChI is InChI=1S/C25H23BrN4/c1-4-7-22-29-24-16(2)23(26)17(3)28-25(24)30(22)15-18-10-12-19(13-11-18)21-9-6-5-8-20(21)14-27/h5-6,8-13H,4,7,15H2,1-3H3. The molecule has 0 N–H and O–H groups in total. The third-order valence-electron chi connectivity index (χ3n) is 5.42. The van der Waals surface area contributed by atoms with Gasteiger partial charge < -0.3 is 4.57 Å². The molecule has 0 spiro atoms. The number of hydrogen-bond donors (Lipinski definition) is 0. The van der Waals surface area contributed by atoms with Crippen molar-refractivity contribution in [1.29, 1.82) is 5.26 Å². The fourth-order valence-corrected chi connectivity index (χ4v) is 4.10. The highest BCUT2D eigenvalue weighted by atomic mass is 79.9. The van der Waals surface area contributed by atoms with E-state index in [-0.39, 0.29) is 0 Å². The SMILES string of the molecule is CCCc1nc2c(C)c(Br)c(C)nc2n1Cc1ccc(-c2ccccc2C#N)cc1. The van der Waals surface area contributed by atoms with Crippen LogP contribution >= 0.6 is 15.9 Å². The first-order valence-corrected chi connectivity index (χ1v) is 10.9. The number of benzene rings is 2. The monoisotopic (exact) mass is 458 g/mol. The Labute approximate surface area is 185 Å². The molecule has 0 fully saturated rings. The molecule has 0 aliphatic carbocycles. The molecule has 0 bridgehead atoms. The second-order valence-corrected chi connectivity index (χ2v) is 8.32. The molecular weight excluding hydrogens is 436 g/mol. The van der Waals surface area contributed by atoms with Gasteiger partial charge >= 0.3 is 0 Å². The minimum absolute atomic E-state index is 0.691. The lowest BCUT2D eigenvalue weighted by Gasteiger charge is -2.11. The van der Waals surface area contributed by atoms with Crippen LogP contribution in [0.4, 0.5) is 0 Å². The highest BCUT2D eigenvalue weighted by molar-refractivity contribution is 9.10. The van der Waals surface area contributed by atoms with Crippen molar-refractivity contribution in [2.75, 3.05) is 0 Å². The number of imidazole rings is 1. The van der Waals surface area contributed by atoms with E-state index >= 15 is 0 Å². The van der Waals surface area contributed by atoms with Crippen LogP contribution < -0.4 is 0 Å². The van der Waals surface area contributed by atoms with Crippen molar-refractivity contribution in [3.63, 3.8) is 0 Å². The van der Waals surface area contributed by atoms with Gasteiger partial charge in [-0.05, 0) is 64.5 Å². The molecule has 0 amide bonds. The third-order valence-corrected chi connectivity index (χ3v) is 6.59. The van der Waals surface area contributed by atoms with Gasteiger partial charge in [0.05, 0.1) is 23.9 Å². The van der Waals surface area contributed by atoms with Crippen LogP contribution in [0, 0.1) is 25.2 Å². The van der Waals surface area contributed by atoms with Crippen LogP contribution in [0.3, 0.4) is 0 Å². The number of pyridine rings is 1. The smallest absolute Gasteiger partial charge is 0.160 e. The predicted molar refractivity (Wildman–Crippen MR) is 124 cm³/mol. The Morgan fingerprint density at radius 3 is 2.47 bits per heavy atom. The van der Waals surface area contributed by atoms with Crippen molar-refractivity contribution in [3.05, 3.63) is 81.2 Å². The minimum atomic E-state index is 0.691. The fraction of sp³-hybridized carbons (Fsp3) is 0.240. The Morgan fingerprint density at radius 1 is 1.03 bits per heavy atom. The van der Waals surface area contributed by atoms with Gasteiger partial charge in [0.1, 0.15) is 11.3 Å². The number of fused-ring (bicyclic) bond motifs is 1. The van der Waals surface area contributed by atoms with E-state index in [0.29, 0.717) is 5.56 Å². The summed E-state index contributed by atoms with van der Waals surface area (Å²) in [7, 11) is 0. The first kappa shape index (κ1) is 20.3. The van der Waals surface area contributed by atoms with Crippen LogP contribution in [0.5, 0.6) is 0 Å². The topological polar surface area (TPSA) is 54.5 Å². The normalized spacial score (nSPS) is 11.0. The van der Waals surface area contributed by atoms with E-state index in [1.165, 1.54) is 5.56 Å². The van der Waals surface area contributed by atoms with E-state index in [1.807, 2.05) is 31.2 Å². The molecule has 2 aromatic carbocycles. The molecule has 5 heteroatoms. The van der Waals surface area contributed by atoms with Crippen LogP contribution in [0.15, 0.2) is 53.0 Å². The maximum Gasteiger partial charge on any atom is 0.160 e. The zero-order chi connectivity index (χ0) is 21.3. The summed E-state index contributed by atoms with van der Waals surface area (Å²) in [6.07, 6.45) is 1.95. The number of hydrogen-bond acceptors (Lipinski definition) is 3. The van der Waals surface area contributed by atoms with Crippen molar-refractivity contribution >= 4 is 27.1 Å². The van der Waals surface area contributed by atoms with E-state index in [2.05, 4.69) is 64.7 Å². The summed E-state index contributed by atoms with van der Waals surface area (Å²) in [6, 6.07) is 18.4. The fourth-order valence-electron chi connectivity index (χ4n) is 3.82. The van der Waals surface area contributed by atoms with Crippen LogP contribution in [0.25, 0.3) is 22.3 Å². The summed E-state index contributed by atoms with van der Waals surface area (Å²) in [6.45, 7) is 7.01. The first-order valence-electron chi connectivity index (χ1n) is 10.1. The molecule has 0 saturated heterocycles. The molecule has 2 aromatic heterocycles. The molecule has 0 radical (unpaired) electrons. The summed E-state index contributed by atoms with van der Waals surface area (Å²) in [5.41, 5.74) is 7.91. The van der Waals surface area contributed by atoms with Gasteiger partial charge in [0.15, 0.2) is 5.65 Å². The van der Waals surface area contributed by atoms with Gasteiger partial charge in [-0.25, -0.2) is 9.97 Å². The Morgan fingerprint density at radius 2 is 1.77 bits per heavy atom. The molecule has 150 valence electrons. The molecule has 4 nitrogen and oxygen atoms in total. The lowest BCUT2D eigenvalue weighted by Crippen LogP contribution is -2.06. The number of halogens is 1. The van der Waals surface area contributed by atoms with Gasteiger partial charge in [-0.1, -0.05) is 49.4 Å². The maximum absolute atomic E-state index is 9.38. The molecular formula is C25H23BrN4. The van der Waals surface area contributed by atoms with E-state index in [1.54, 1.807) is 0 Å². The average molecular weight is 459 g/mol. The molecule has 0 aliphatic rings. The van der Waals surface area contributed by atoms with Gasteiger partial charge in [-0.15, -0.1) is 0 Å². The van der Waals surface area contributed by atoms with Gasteiger partial charge in [0, 0.05) is 10.9 Å². The number of aromatic nitrogens is 3. The number of aryl methyl sites for hydroxylation is 3. The molecule has 0 atom stereocenters. The zero-order valence-electron chi connectivity index (χ0n) is 17.4. The molecule has 4 rings (SSSR count). The van der Waals surface area contributed by atoms with Crippen molar-refractivity contribution in [2.45, 2.75) is 40.2 Å². The highest BCUT2D eigenvalue weighted by Crippen LogP contribution is 2.29. The second kappa shape index (κ2) is 8.41. The van der Waals surface area contributed by atoms with E-state index < -0.39 is 0 Å². The molecule has 4 aromatic rings. The Balaban J connectivity index is 1.74. The predicted octanol–water partition coefficient (Wildman–Crippen LogP) is 6.35. The number of nitriles is 1. The first-order chi connectivity index (χ1) is 14.5. The molecule has 0 saturated carbocycles. The van der Waals surface area contributed by atoms with Crippen LogP contribution in [-0.4, -0.2) is 14.5 Å². The van der Waals surface area contributed by atoms with E-state index in [0.717, 1.165) is 63.2 Å². The molecule has 0 aliphatic heterocycles. The Bertz CT molecular complexity index is 1260. The zero-order valence-corrected chi connectivity index (χ0v) is 19.0. The lowest BCUT2D eigenvalue weighted by atomic mass is 9.99. The minimum Gasteiger partial charge on any atom is -0.308 e. The third kappa shape index (κ3) is 3.64. The van der Waals surface area contributed by atoms with Crippen molar-refractivity contribution in [2.24, 2.45) is 0 Å². The quantitative estimate of drug-likeness (QED) is 0.350.